The summed E-state index contributed by atoms with van der Waals surface area (Å²) in [6.07, 6.45) is 0.679. The molecule has 0 heterocycles. The Morgan fingerprint density at radius 1 is 1.38 bits per heavy atom. The molecule has 4 heteroatoms. The van der Waals surface area contributed by atoms with Gasteiger partial charge in [0.25, 0.3) is 0 Å². The van der Waals surface area contributed by atoms with Gasteiger partial charge in [-0.3, -0.25) is 4.79 Å². The van der Waals surface area contributed by atoms with Crippen LogP contribution in [0.3, 0.4) is 0 Å². The summed E-state index contributed by atoms with van der Waals surface area (Å²) >= 11 is 3.45. The predicted octanol–water partition coefficient (Wildman–Crippen LogP) is 3.31. The lowest BCUT2D eigenvalue weighted by Crippen LogP contribution is -2.03. The first-order valence-corrected chi connectivity index (χ1v) is 5.92. The highest BCUT2D eigenvalue weighted by Crippen LogP contribution is 2.27. The first-order valence-electron chi connectivity index (χ1n) is 5.12. The Balaban J connectivity index is 2.55. The fourth-order valence-electron chi connectivity index (χ4n) is 1.32. The van der Waals surface area contributed by atoms with Crippen molar-refractivity contribution < 1.29 is 14.6 Å². The third kappa shape index (κ3) is 3.52. The lowest BCUT2D eigenvalue weighted by molar-refractivity contribution is -0.137. The van der Waals surface area contributed by atoms with Crippen LogP contribution in [0.1, 0.15) is 24.0 Å². The Hall–Kier alpha value is -1.03. The molecule has 1 aromatic carbocycles. The van der Waals surface area contributed by atoms with Crippen molar-refractivity contribution in [2.45, 2.75) is 26.7 Å². The number of hydrogen-bond donors (Lipinski definition) is 1. The van der Waals surface area contributed by atoms with Crippen molar-refractivity contribution in [3.8, 4) is 5.75 Å². The number of hydrogen-bond acceptors (Lipinski definition) is 2. The molecular formula is C12H15BrO3. The Labute approximate surface area is 104 Å². The first-order chi connectivity index (χ1) is 7.52. The van der Waals surface area contributed by atoms with Crippen molar-refractivity contribution in [1.29, 1.82) is 0 Å². The van der Waals surface area contributed by atoms with Crippen molar-refractivity contribution in [3.05, 3.63) is 27.7 Å². The van der Waals surface area contributed by atoms with Crippen LogP contribution in [0, 0.1) is 13.8 Å². The molecule has 0 atom stereocenters. The molecule has 0 radical (unpaired) electrons. The zero-order valence-corrected chi connectivity index (χ0v) is 11.0. The van der Waals surface area contributed by atoms with E-state index in [0.29, 0.717) is 13.0 Å². The van der Waals surface area contributed by atoms with Gasteiger partial charge in [-0.1, -0.05) is 15.9 Å². The first kappa shape index (κ1) is 13.0. The van der Waals surface area contributed by atoms with Crippen LogP contribution < -0.4 is 4.74 Å². The van der Waals surface area contributed by atoms with Gasteiger partial charge in [0.2, 0.25) is 0 Å². The van der Waals surface area contributed by atoms with Crippen molar-refractivity contribution in [2.75, 3.05) is 6.61 Å². The Morgan fingerprint density at radius 2 is 2.06 bits per heavy atom. The summed E-state index contributed by atoms with van der Waals surface area (Å²) in [7, 11) is 0. The number of carbonyl (C=O) groups is 1. The van der Waals surface area contributed by atoms with Gasteiger partial charge >= 0.3 is 5.97 Å². The summed E-state index contributed by atoms with van der Waals surface area (Å²) in [6.45, 7) is 4.45. The van der Waals surface area contributed by atoms with Gasteiger partial charge in [-0.15, -0.1) is 0 Å². The van der Waals surface area contributed by atoms with Gasteiger partial charge in [-0.05, 0) is 43.5 Å². The lowest BCUT2D eigenvalue weighted by Gasteiger charge is -2.11. The van der Waals surface area contributed by atoms with Gasteiger partial charge in [0.1, 0.15) is 5.75 Å². The van der Waals surface area contributed by atoms with Crippen LogP contribution in [-0.4, -0.2) is 17.7 Å². The smallest absolute Gasteiger partial charge is 0.303 e. The molecule has 3 nitrogen and oxygen atoms in total. The molecule has 0 aliphatic carbocycles. The summed E-state index contributed by atoms with van der Waals surface area (Å²) < 4.78 is 6.60. The molecule has 1 N–H and O–H groups in total. The molecule has 0 saturated heterocycles. The van der Waals surface area contributed by atoms with E-state index in [0.717, 1.165) is 21.3 Å². The van der Waals surface area contributed by atoms with E-state index in [9.17, 15) is 4.79 Å². The minimum atomic E-state index is -0.785. The molecule has 0 unspecified atom stereocenters. The van der Waals surface area contributed by atoms with Crippen LogP contribution in [0.5, 0.6) is 5.75 Å². The van der Waals surface area contributed by atoms with Crippen molar-refractivity contribution >= 4 is 21.9 Å². The average Bonchev–Trinajstić information content (AvgIpc) is 2.23. The van der Waals surface area contributed by atoms with Gasteiger partial charge < -0.3 is 9.84 Å². The average molecular weight is 287 g/mol. The molecule has 0 spiro atoms. The molecule has 0 fully saturated rings. The quantitative estimate of drug-likeness (QED) is 0.845. The minimum absolute atomic E-state index is 0.147. The van der Waals surface area contributed by atoms with E-state index in [2.05, 4.69) is 15.9 Å². The molecule has 88 valence electrons. The highest BCUT2D eigenvalue weighted by atomic mass is 79.9. The molecule has 1 aromatic rings. The third-order valence-corrected chi connectivity index (χ3v) is 3.32. The minimum Gasteiger partial charge on any atom is -0.493 e. The normalized spacial score (nSPS) is 10.2. The number of halogens is 1. The van der Waals surface area contributed by atoms with Gasteiger partial charge in [-0.25, -0.2) is 0 Å². The van der Waals surface area contributed by atoms with E-state index >= 15 is 0 Å². The van der Waals surface area contributed by atoms with Crippen molar-refractivity contribution in [1.82, 2.24) is 0 Å². The number of carboxylic acid groups (broad SMARTS) is 1. The van der Waals surface area contributed by atoms with Crippen LogP contribution >= 0.6 is 15.9 Å². The Morgan fingerprint density at radius 3 is 2.69 bits per heavy atom. The number of carboxylic acids is 1. The number of ether oxygens (including phenoxy) is 1. The van der Waals surface area contributed by atoms with Crippen LogP contribution in [0.4, 0.5) is 0 Å². The second-order valence-electron chi connectivity index (χ2n) is 3.64. The third-order valence-electron chi connectivity index (χ3n) is 2.46. The Bertz CT molecular complexity index is 388. The Kier molecular flexibility index (Phi) is 4.80. The molecule has 1 rings (SSSR count). The SMILES string of the molecule is Cc1c(Br)ccc(OCCCC(=O)O)c1C. The summed E-state index contributed by atoms with van der Waals surface area (Å²) in [5, 5.41) is 8.48. The molecule has 0 aliphatic rings. The molecule has 0 saturated carbocycles. The molecule has 16 heavy (non-hydrogen) atoms. The van der Waals surface area contributed by atoms with Crippen LogP contribution in [0.25, 0.3) is 0 Å². The topological polar surface area (TPSA) is 46.5 Å². The van der Waals surface area contributed by atoms with Gasteiger partial charge in [0, 0.05) is 10.9 Å². The summed E-state index contributed by atoms with van der Waals surface area (Å²) in [5.74, 6) is 0.0402. The van der Waals surface area contributed by atoms with Crippen LogP contribution in [0.15, 0.2) is 16.6 Å². The molecule has 0 aliphatic heterocycles. The standard InChI is InChI=1S/C12H15BrO3/c1-8-9(2)11(6-5-10(8)13)16-7-3-4-12(14)15/h5-6H,3-4,7H2,1-2H3,(H,14,15). The van der Waals surface area contributed by atoms with Gasteiger partial charge in [0.15, 0.2) is 0 Å². The monoisotopic (exact) mass is 286 g/mol. The highest BCUT2D eigenvalue weighted by molar-refractivity contribution is 9.10. The van der Waals surface area contributed by atoms with E-state index < -0.39 is 5.97 Å². The van der Waals surface area contributed by atoms with Gasteiger partial charge in [0.05, 0.1) is 6.61 Å². The zero-order chi connectivity index (χ0) is 12.1. The van der Waals surface area contributed by atoms with Crippen molar-refractivity contribution in [3.63, 3.8) is 0 Å². The maximum absolute atomic E-state index is 10.3. The lowest BCUT2D eigenvalue weighted by atomic mass is 10.1. The second kappa shape index (κ2) is 5.89. The summed E-state index contributed by atoms with van der Waals surface area (Å²) in [6, 6.07) is 3.84. The van der Waals surface area contributed by atoms with Crippen LogP contribution in [-0.2, 0) is 4.79 Å². The largest absolute Gasteiger partial charge is 0.493 e. The number of rotatable bonds is 5. The number of aliphatic carboxylic acids is 1. The fourth-order valence-corrected chi connectivity index (χ4v) is 1.75. The van der Waals surface area contributed by atoms with Gasteiger partial charge in [-0.2, -0.15) is 0 Å². The number of benzene rings is 1. The van der Waals surface area contributed by atoms with E-state index in [1.165, 1.54) is 0 Å². The van der Waals surface area contributed by atoms with Crippen molar-refractivity contribution in [2.24, 2.45) is 0 Å². The van der Waals surface area contributed by atoms with E-state index in [1.54, 1.807) is 0 Å². The maximum atomic E-state index is 10.3. The summed E-state index contributed by atoms with van der Waals surface area (Å²) in [4.78, 5) is 10.3. The van der Waals surface area contributed by atoms with E-state index in [1.807, 2.05) is 26.0 Å². The molecular weight excluding hydrogens is 272 g/mol. The maximum Gasteiger partial charge on any atom is 0.303 e. The van der Waals surface area contributed by atoms with Crippen LogP contribution in [0.2, 0.25) is 0 Å². The highest BCUT2D eigenvalue weighted by Gasteiger charge is 2.05. The van der Waals surface area contributed by atoms with E-state index in [-0.39, 0.29) is 6.42 Å². The molecule has 0 aromatic heterocycles. The summed E-state index contributed by atoms with van der Waals surface area (Å²) in [5.41, 5.74) is 2.24. The predicted molar refractivity (Wildman–Crippen MR) is 66.0 cm³/mol. The zero-order valence-electron chi connectivity index (χ0n) is 9.42. The fraction of sp³-hybridized carbons (Fsp3) is 0.417. The second-order valence-corrected chi connectivity index (χ2v) is 4.50. The van der Waals surface area contributed by atoms with E-state index in [4.69, 9.17) is 9.84 Å². The molecule has 0 bridgehead atoms. The molecule has 0 amide bonds.